The lowest BCUT2D eigenvalue weighted by Gasteiger charge is -2.26. The molecule has 2 heterocycles. The van der Waals surface area contributed by atoms with E-state index < -0.39 is 0 Å². The minimum atomic E-state index is -0.271. The van der Waals surface area contributed by atoms with Gasteiger partial charge in [0, 0.05) is 37.4 Å². The van der Waals surface area contributed by atoms with Gasteiger partial charge in [-0.2, -0.15) is 0 Å². The number of ketones is 1. The summed E-state index contributed by atoms with van der Waals surface area (Å²) in [7, 11) is 0. The van der Waals surface area contributed by atoms with Crippen LogP contribution in [-0.2, 0) is 4.74 Å². The molecule has 0 unspecified atom stereocenters. The number of para-hydroxylation sites is 2. The minimum Gasteiger partial charge on any atom is -0.379 e. The summed E-state index contributed by atoms with van der Waals surface area (Å²) >= 11 is 0. The van der Waals surface area contributed by atoms with Crippen LogP contribution in [0.15, 0.2) is 60.8 Å². The maximum absolute atomic E-state index is 12.5. The third kappa shape index (κ3) is 5.96. The SMILES string of the molecule is O=C(NCCN1CCOCC1)Nc1ccc(C(=O)/C=C/c2cnc3ccccc3n2)cc1. The monoisotopic (exact) mass is 431 g/mol. The molecule has 0 saturated carbocycles. The van der Waals surface area contributed by atoms with E-state index in [9.17, 15) is 9.59 Å². The summed E-state index contributed by atoms with van der Waals surface area (Å²) in [6.07, 6.45) is 4.76. The van der Waals surface area contributed by atoms with Gasteiger partial charge in [-0.1, -0.05) is 12.1 Å². The number of allylic oxidation sites excluding steroid dienone is 1. The second-order valence-corrected chi connectivity index (χ2v) is 7.39. The summed E-state index contributed by atoms with van der Waals surface area (Å²) in [6, 6.07) is 14.1. The third-order valence-corrected chi connectivity index (χ3v) is 5.12. The molecule has 0 radical (unpaired) electrons. The Morgan fingerprint density at radius 1 is 1.03 bits per heavy atom. The Kier molecular flexibility index (Phi) is 7.16. The van der Waals surface area contributed by atoms with Gasteiger partial charge in [-0.25, -0.2) is 9.78 Å². The van der Waals surface area contributed by atoms with Crippen LogP contribution in [0.4, 0.5) is 10.5 Å². The number of rotatable bonds is 7. The standard InChI is InChI=1S/C24H25N5O3/c30-23(10-9-20-17-26-21-3-1-2-4-22(21)27-20)18-5-7-19(8-6-18)28-24(31)25-11-12-29-13-15-32-16-14-29/h1-10,17H,11-16H2,(H2,25,28,31)/b10-9+. The van der Waals surface area contributed by atoms with Crippen molar-refractivity contribution in [3.63, 3.8) is 0 Å². The van der Waals surface area contributed by atoms with E-state index in [0.717, 1.165) is 43.9 Å². The normalized spacial score (nSPS) is 14.5. The molecule has 8 heteroatoms. The van der Waals surface area contributed by atoms with Crippen LogP contribution in [0.25, 0.3) is 17.1 Å². The number of hydrogen-bond donors (Lipinski definition) is 2. The Morgan fingerprint density at radius 3 is 2.56 bits per heavy atom. The van der Waals surface area contributed by atoms with Gasteiger partial charge in [0.2, 0.25) is 0 Å². The molecule has 8 nitrogen and oxygen atoms in total. The highest BCUT2D eigenvalue weighted by Gasteiger charge is 2.10. The molecule has 4 rings (SSSR count). The van der Waals surface area contributed by atoms with Crippen LogP contribution in [0.1, 0.15) is 16.1 Å². The molecule has 0 atom stereocenters. The van der Waals surface area contributed by atoms with Gasteiger partial charge in [-0.15, -0.1) is 0 Å². The molecule has 164 valence electrons. The third-order valence-electron chi connectivity index (χ3n) is 5.12. The van der Waals surface area contributed by atoms with Gasteiger partial charge in [-0.05, 0) is 48.6 Å². The summed E-state index contributed by atoms with van der Waals surface area (Å²) < 4.78 is 5.31. The molecular weight excluding hydrogens is 406 g/mol. The van der Waals surface area contributed by atoms with Crippen LogP contribution in [0.2, 0.25) is 0 Å². The van der Waals surface area contributed by atoms with Gasteiger partial charge in [-0.3, -0.25) is 14.7 Å². The molecule has 32 heavy (non-hydrogen) atoms. The van der Waals surface area contributed by atoms with Crippen LogP contribution in [0.3, 0.4) is 0 Å². The molecule has 0 spiro atoms. The Bertz CT molecular complexity index is 1110. The highest BCUT2D eigenvalue weighted by atomic mass is 16.5. The molecule has 2 aromatic carbocycles. The molecule has 0 bridgehead atoms. The number of carbonyl (C=O) groups excluding carboxylic acids is 2. The summed E-state index contributed by atoms with van der Waals surface area (Å²) in [5, 5.41) is 5.62. The Balaban J connectivity index is 1.27. The topological polar surface area (TPSA) is 96.5 Å². The number of fused-ring (bicyclic) bond motifs is 1. The molecule has 2 amide bonds. The van der Waals surface area contributed by atoms with Crippen LogP contribution in [-0.4, -0.2) is 66.1 Å². The molecule has 1 aromatic heterocycles. The zero-order chi connectivity index (χ0) is 22.2. The number of benzene rings is 2. The first-order valence-corrected chi connectivity index (χ1v) is 10.6. The van der Waals surface area contributed by atoms with Crippen LogP contribution in [0, 0.1) is 0 Å². The predicted octanol–water partition coefficient (Wildman–Crippen LogP) is 2.98. The predicted molar refractivity (Wildman–Crippen MR) is 124 cm³/mol. The molecular formula is C24H25N5O3. The number of anilines is 1. The smallest absolute Gasteiger partial charge is 0.319 e. The molecule has 1 fully saturated rings. The van der Waals surface area contributed by atoms with E-state index in [4.69, 9.17) is 4.74 Å². The molecule has 1 saturated heterocycles. The summed E-state index contributed by atoms with van der Waals surface area (Å²) in [5.41, 5.74) is 3.34. The van der Waals surface area contributed by atoms with E-state index in [-0.39, 0.29) is 11.8 Å². The van der Waals surface area contributed by atoms with Gasteiger partial charge in [0.1, 0.15) is 0 Å². The lowest BCUT2D eigenvalue weighted by Crippen LogP contribution is -2.42. The van der Waals surface area contributed by atoms with Crippen molar-refractivity contribution in [2.24, 2.45) is 0 Å². The summed E-state index contributed by atoms with van der Waals surface area (Å²) in [5.74, 6) is -0.151. The number of urea groups is 1. The van der Waals surface area contributed by atoms with Crippen molar-refractivity contribution in [1.29, 1.82) is 0 Å². The van der Waals surface area contributed by atoms with Crippen molar-refractivity contribution in [2.75, 3.05) is 44.7 Å². The molecule has 1 aliphatic rings. The van der Waals surface area contributed by atoms with E-state index in [2.05, 4.69) is 25.5 Å². The number of nitrogens with zero attached hydrogens (tertiary/aromatic N) is 3. The van der Waals surface area contributed by atoms with Gasteiger partial charge in [0.05, 0.1) is 36.1 Å². The number of amides is 2. The van der Waals surface area contributed by atoms with Crippen LogP contribution in [0.5, 0.6) is 0 Å². The number of aromatic nitrogens is 2. The zero-order valence-electron chi connectivity index (χ0n) is 17.7. The molecule has 2 N–H and O–H groups in total. The highest BCUT2D eigenvalue weighted by Crippen LogP contribution is 2.12. The molecule has 1 aliphatic heterocycles. The largest absolute Gasteiger partial charge is 0.379 e. The summed E-state index contributed by atoms with van der Waals surface area (Å²) in [6.45, 7) is 4.61. The van der Waals surface area contributed by atoms with E-state index >= 15 is 0 Å². The quantitative estimate of drug-likeness (QED) is 0.441. The number of hydrogen-bond acceptors (Lipinski definition) is 6. The fourth-order valence-electron chi connectivity index (χ4n) is 3.35. The zero-order valence-corrected chi connectivity index (χ0v) is 17.7. The second-order valence-electron chi connectivity index (χ2n) is 7.39. The molecule has 3 aromatic rings. The van der Waals surface area contributed by atoms with E-state index in [1.54, 1.807) is 36.5 Å². The van der Waals surface area contributed by atoms with Crippen LogP contribution >= 0.6 is 0 Å². The Morgan fingerprint density at radius 2 is 1.78 bits per heavy atom. The number of nitrogens with one attached hydrogen (secondary N) is 2. The van der Waals surface area contributed by atoms with Gasteiger partial charge in [0.25, 0.3) is 0 Å². The highest BCUT2D eigenvalue weighted by molar-refractivity contribution is 6.07. The Hall–Kier alpha value is -3.62. The second kappa shape index (κ2) is 10.6. The minimum absolute atomic E-state index is 0.151. The average Bonchev–Trinajstić information content (AvgIpc) is 2.83. The molecule has 0 aliphatic carbocycles. The van der Waals surface area contributed by atoms with E-state index in [1.807, 2.05) is 24.3 Å². The van der Waals surface area contributed by atoms with E-state index in [0.29, 0.717) is 23.5 Å². The van der Waals surface area contributed by atoms with Gasteiger partial charge < -0.3 is 15.4 Å². The maximum Gasteiger partial charge on any atom is 0.319 e. The fourth-order valence-corrected chi connectivity index (χ4v) is 3.35. The first-order chi connectivity index (χ1) is 15.7. The summed E-state index contributed by atoms with van der Waals surface area (Å²) in [4.78, 5) is 35.6. The number of morpholine rings is 1. The van der Waals surface area contributed by atoms with Crippen molar-refractivity contribution in [3.8, 4) is 0 Å². The average molecular weight is 431 g/mol. The van der Waals surface area contributed by atoms with Crippen molar-refractivity contribution in [2.45, 2.75) is 0 Å². The van der Waals surface area contributed by atoms with Crippen LogP contribution < -0.4 is 10.6 Å². The van der Waals surface area contributed by atoms with E-state index in [1.165, 1.54) is 6.08 Å². The van der Waals surface area contributed by atoms with Crippen molar-refractivity contribution in [1.82, 2.24) is 20.2 Å². The van der Waals surface area contributed by atoms with Crippen molar-refractivity contribution >= 4 is 34.6 Å². The lowest BCUT2D eigenvalue weighted by atomic mass is 10.1. The maximum atomic E-state index is 12.5. The van der Waals surface area contributed by atoms with Crippen molar-refractivity contribution < 1.29 is 14.3 Å². The van der Waals surface area contributed by atoms with Gasteiger partial charge >= 0.3 is 6.03 Å². The first kappa shape index (κ1) is 21.6. The number of ether oxygens (including phenoxy) is 1. The fraction of sp³-hybridized carbons (Fsp3) is 0.250. The van der Waals surface area contributed by atoms with Crippen molar-refractivity contribution in [3.05, 3.63) is 72.1 Å². The van der Waals surface area contributed by atoms with Gasteiger partial charge in [0.15, 0.2) is 5.78 Å². The first-order valence-electron chi connectivity index (χ1n) is 10.6. The lowest BCUT2D eigenvalue weighted by molar-refractivity contribution is 0.0388. The number of carbonyl (C=O) groups is 2. The Labute approximate surface area is 186 Å².